The minimum atomic E-state index is -4.54. The summed E-state index contributed by atoms with van der Waals surface area (Å²) in [7, 11) is 0. The number of nitrogens with one attached hydrogen (secondary N) is 1. The van der Waals surface area contributed by atoms with E-state index in [9.17, 15) is 18.0 Å². The molecule has 1 amide bonds. The quantitative estimate of drug-likeness (QED) is 0.0942. The third kappa shape index (κ3) is 11.4. The van der Waals surface area contributed by atoms with Crippen LogP contribution in [0.25, 0.3) is 11.1 Å². The average Bonchev–Trinajstić information content (AvgIpc) is 3.53. The highest BCUT2D eigenvalue weighted by atomic mass is 19.4. The van der Waals surface area contributed by atoms with Crippen LogP contribution in [0.15, 0.2) is 85.3 Å². The molecule has 0 saturated heterocycles. The Morgan fingerprint density at radius 2 is 1.40 bits per heavy atom. The zero-order valence-corrected chi connectivity index (χ0v) is 29.2. The van der Waals surface area contributed by atoms with E-state index in [1.54, 1.807) is 36.7 Å². The largest absolute Gasteiger partial charge is 0.416 e. The summed E-state index contributed by atoms with van der Waals surface area (Å²) in [5.41, 5.74) is 4.36. The summed E-state index contributed by atoms with van der Waals surface area (Å²) in [5.74, 6) is -0.554. The van der Waals surface area contributed by atoms with Crippen LogP contribution in [0.3, 0.4) is 0 Å². The lowest BCUT2D eigenvalue weighted by Gasteiger charge is -2.20. The van der Waals surface area contributed by atoms with Crippen LogP contribution in [0.2, 0.25) is 0 Å². The number of anilines is 2. The number of hydrogen-bond acceptors (Lipinski definition) is 4. The van der Waals surface area contributed by atoms with Crippen LogP contribution in [0, 0.1) is 0 Å². The number of rotatable bonds is 20. The van der Waals surface area contributed by atoms with Crippen LogP contribution >= 0.6 is 0 Å². The van der Waals surface area contributed by atoms with E-state index >= 15 is 0 Å². The van der Waals surface area contributed by atoms with Gasteiger partial charge in [0.1, 0.15) is 0 Å². The zero-order chi connectivity index (χ0) is 35.0. The van der Waals surface area contributed by atoms with Gasteiger partial charge in [-0.05, 0) is 72.7 Å². The molecule has 5 nitrogen and oxygen atoms in total. The Bertz CT molecular complexity index is 1610. The van der Waals surface area contributed by atoms with E-state index in [1.165, 1.54) is 95.2 Å². The number of unbranched alkanes of at least 4 members (excludes halogenated alkanes) is 13. The first-order valence-electron chi connectivity index (χ1n) is 18.6. The van der Waals surface area contributed by atoms with Gasteiger partial charge in [-0.25, -0.2) is 0 Å². The minimum Gasteiger partial charge on any atom is -0.371 e. The molecule has 0 unspecified atom stereocenters. The van der Waals surface area contributed by atoms with Gasteiger partial charge < -0.3 is 10.2 Å². The molecule has 8 heteroatoms. The highest BCUT2D eigenvalue weighted by molar-refractivity contribution is 6.09. The molecule has 266 valence electrons. The van der Waals surface area contributed by atoms with Gasteiger partial charge in [0.2, 0.25) is 0 Å². The predicted octanol–water partition coefficient (Wildman–Crippen LogP) is 11.5. The molecule has 4 aromatic rings. The van der Waals surface area contributed by atoms with E-state index in [2.05, 4.69) is 20.2 Å². The Balaban J connectivity index is 0.949. The fourth-order valence-electron chi connectivity index (χ4n) is 6.95. The number of amides is 1. The van der Waals surface area contributed by atoms with E-state index in [4.69, 9.17) is 0 Å². The van der Waals surface area contributed by atoms with Crippen molar-refractivity contribution in [2.45, 2.75) is 109 Å². The maximum Gasteiger partial charge on any atom is 0.416 e. The van der Waals surface area contributed by atoms with Crippen LogP contribution < -0.4 is 10.2 Å². The molecule has 1 N–H and O–H groups in total. The fraction of sp³-hybridized carbons (Fsp3) is 0.452. The standard InChI is InChI=1S/C42H51F3N4O/c43-42(44,45)35-21-23-38(33-18-14-13-15-19-33)39(31-35)41(50)48-36-22-24-40-34(30-36)25-29-49(40)28-17-12-10-8-6-4-2-1-3-5-7-9-11-16-20-37-32-46-26-27-47-37/h13-15,18-19,21-24,26-27,30-32H,1-12,16-17,20,25,28-29H2,(H,48,50). The molecule has 0 bridgehead atoms. The number of carbonyl (C=O) groups excluding carboxylic acids is 1. The second-order valence-electron chi connectivity index (χ2n) is 13.6. The first kappa shape index (κ1) is 37.1. The van der Waals surface area contributed by atoms with Crippen molar-refractivity contribution in [1.82, 2.24) is 9.97 Å². The van der Waals surface area contributed by atoms with Gasteiger partial charge in [0, 0.05) is 48.6 Å². The van der Waals surface area contributed by atoms with Crippen LogP contribution in [0.1, 0.15) is 117 Å². The van der Waals surface area contributed by atoms with Crippen molar-refractivity contribution in [2.24, 2.45) is 0 Å². The second-order valence-corrected chi connectivity index (χ2v) is 13.6. The molecular formula is C42H51F3N4O. The highest BCUT2D eigenvalue weighted by Gasteiger charge is 2.32. The van der Waals surface area contributed by atoms with E-state index in [0.29, 0.717) is 16.8 Å². The number of aryl methyl sites for hydroxylation is 1. The summed E-state index contributed by atoms with van der Waals surface area (Å²) >= 11 is 0. The SMILES string of the molecule is O=C(Nc1ccc2c(c1)CCN2CCCCCCCCCCCCCCCCc1cnccn1)c1cc(C(F)(F)F)ccc1-c1ccccc1. The lowest BCUT2D eigenvalue weighted by Crippen LogP contribution is -2.21. The topological polar surface area (TPSA) is 58.1 Å². The molecule has 5 rings (SSSR count). The number of fused-ring (bicyclic) bond motifs is 1. The number of halogens is 3. The summed E-state index contributed by atoms with van der Waals surface area (Å²) in [5, 5.41) is 2.87. The van der Waals surface area contributed by atoms with Gasteiger partial charge in [0.25, 0.3) is 5.91 Å². The molecule has 0 spiro atoms. The van der Waals surface area contributed by atoms with Crippen molar-refractivity contribution >= 4 is 17.3 Å². The van der Waals surface area contributed by atoms with E-state index in [0.717, 1.165) is 55.7 Å². The van der Waals surface area contributed by atoms with Crippen LogP contribution in [0.4, 0.5) is 24.5 Å². The van der Waals surface area contributed by atoms with Crippen molar-refractivity contribution < 1.29 is 18.0 Å². The number of nitrogens with zero attached hydrogens (tertiary/aromatic N) is 3. The summed E-state index contributed by atoms with van der Waals surface area (Å²) in [6.45, 7) is 1.96. The Kier molecular flexibility index (Phi) is 14.3. The number of hydrogen-bond donors (Lipinski definition) is 1. The molecule has 50 heavy (non-hydrogen) atoms. The molecule has 0 fully saturated rings. The van der Waals surface area contributed by atoms with Crippen LogP contribution in [-0.2, 0) is 19.0 Å². The summed E-state index contributed by atoms with van der Waals surface area (Å²) in [6.07, 6.45) is 21.0. The van der Waals surface area contributed by atoms with Crippen LogP contribution in [0.5, 0.6) is 0 Å². The number of alkyl halides is 3. The molecule has 1 aromatic heterocycles. The van der Waals surface area contributed by atoms with Gasteiger partial charge in [-0.3, -0.25) is 14.8 Å². The average molecular weight is 685 g/mol. The molecule has 0 atom stereocenters. The molecule has 2 heterocycles. The molecular weight excluding hydrogens is 633 g/mol. The lowest BCUT2D eigenvalue weighted by molar-refractivity contribution is -0.137. The third-order valence-electron chi connectivity index (χ3n) is 9.73. The normalized spacial score (nSPS) is 12.7. The van der Waals surface area contributed by atoms with Gasteiger partial charge in [-0.1, -0.05) is 113 Å². The first-order valence-corrected chi connectivity index (χ1v) is 18.6. The first-order chi connectivity index (χ1) is 24.4. The Labute approximate surface area is 295 Å². The minimum absolute atomic E-state index is 0.00120. The third-order valence-corrected chi connectivity index (χ3v) is 9.73. The Morgan fingerprint density at radius 1 is 0.740 bits per heavy atom. The van der Waals surface area contributed by atoms with Crippen molar-refractivity contribution in [3.05, 3.63) is 108 Å². The zero-order valence-electron chi connectivity index (χ0n) is 29.2. The smallest absolute Gasteiger partial charge is 0.371 e. The summed E-state index contributed by atoms with van der Waals surface area (Å²) in [6, 6.07) is 18.2. The monoisotopic (exact) mass is 684 g/mol. The fourth-order valence-corrected chi connectivity index (χ4v) is 6.95. The number of carbonyl (C=O) groups is 1. The van der Waals surface area contributed by atoms with Gasteiger partial charge in [0.05, 0.1) is 11.3 Å². The molecule has 0 aliphatic carbocycles. The molecule has 1 aliphatic rings. The molecule has 0 saturated carbocycles. The maximum absolute atomic E-state index is 13.5. The van der Waals surface area contributed by atoms with Gasteiger partial charge in [-0.15, -0.1) is 0 Å². The van der Waals surface area contributed by atoms with Crippen molar-refractivity contribution in [2.75, 3.05) is 23.3 Å². The van der Waals surface area contributed by atoms with Gasteiger partial charge in [-0.2, -0.15) is 13.2 Å². The van der Waals surface area contributed by atoms with Gasteiger partial charge >= 0.3 is 6.18 Å². The van der Waals surface area contributed by atoms with E-state index in [-0.39, 0.29) is 5.56 Å². The molecule has 0 radical (unpaired) electrons. The highest BCUT2D eigenvalue weighted by Crippen LogP contribution is 2.35. The number of aromatic nitrogens is 2. The van der Waals surface area contributed by atoms with Gasteiger partial charge in [0.15, 0.2) is 0 Å². The molecule has 1 aliphatic heterocycles. The van der Waals surface area contributed by atoms with Crippen molar-refractivity contribution in [3.63, 3.8) is 0 Å². The number of benzene rings is 3. The van der Waals surface area contributed by atoms with Crippen LogP contribution in [-0.4, -0.2) is 29.0 Å². The van der Waals surface area contributed by atoms with E-state index < -0.39 is 17.6 Å². The van der Waals surface area contributed by atoms with Crippen molar-refractivity contribution in [3.8, 4) is 11.1 Å². The summed E-state index contributed by atoms with van der Waals surface area (Å²) in [4.78, 5) is 24.3. The Morgan fingerprint density at radius 3 is 2.04 bits per heavy atom. The maximum atomic E-state index is 13.5. The van der Waals surface area contributed by atoms with Crippen molar-refractivity contribution in [1.29, 1.82) is 0 Å². The van der Waals surface area contributed by atoms with E-state index in [1.807, 2.05) is 30.5 Å². The summed E-state index contributed by atoms with van der Waals surface area (Å²) < 4.78 is 40.6. The molecule has 3 aromatic carbocycles. The lowest BCUT2D eigenvalue weighted by atomic mass is 9.96. The second kappa shape index (κ2) is 19.3. The predicted molar refractivity (Wildman–Crippen MR) is 198 cm³/mol. The Hall–Kier alpha value is -4.20.